The van der Waals surface area contributed by atoms with Crippen LogP contribution in [0.15, 0.2) is 42.5 Å². The average molecular weight is 398 g/mol. The molecule has 1 saturated heterocycles. The number of nitrogens with one attached hydrogen (secondary N) is 2. The predicted molar refractivity (Wildman–Crippen MR) is 112 cm³/mol. The number of fused-ring (bicyclic) bond motifs is 2. The highest BCUT2D eigenvalue weighted by atomic mass is 32.2. The lowest BCUT2D eigenvalue weighted by Crippen LogP contribution is -2.49. The molecule has 7 heteroatoms. The Morgan fingerprint density at radius 3 is 2.75 bits per heavy atom. The number of methoxy groups -OCH3 is 1. The van der Waals surface area contributed by atoms with Crippen LogP contribution < -0.4 is 15.4 Å². The zero-order valence-electron chi connectivity index (χ0n) is 16.3. The molecule has 0 bridgehead atoms. The smallest absolute Gasteiger partial charge is 0.323 e. The van der Waals surface area contributed by atoms with Crippen LogP contribution in [0.1, 0.15) is 25.0 Å². The number of rotatable bonds is 2. The van der Waals surface area contributed by atoms with E-state index < -0.39 is 4.87 Å². The number of amides is 3. The quantitative estimate of drug-likeness (QED) is 0.798. The predicted octanol–water partition coefficient (Wildman–Crippen LogP) is 4.17. The van der Waals surface area contributed by atoms with Crippen molar-refractivity contribution < 1.29 is 14.3 Å². The number of thioether (sulfide) groups is 1. The topological polar surface area (TPSA) is 70.7 Å². The van der Waals surface area contributed by atoms with Gasteiger partial charge in [0.25, 0.3) is 5.91 Å². The van der Waals surface area contributed by atoms with Gasteiger partial charge in [0.1, 0.15) is 5.75 Å². The lowest BCUT2D eigenvalue weighted by atomic mass is 10.0. The summed E-state index contributed by atoms with van der Waals surface area (Å²) in [6, 6.07) is 12.8. The molecule has 2 aliphatic heterocycles. The first-order valence-electron chi connectivity index (χ1n) is 9.11. The number of carbonyl (C=O) groups excluding carboxylic acids is 2. The fourth-order valence-electron chi connectivity index (χ4n) is 3.85. The molecule has 2 aliphatic rings. The third-order valence-electron chi connectivity index (χ3n) is 5.01. The summed E-state index contributed by atoms with van der Waals surface area (Å²) < 4.78 is 5.08. The maximum absolute atomic E-state index is 13.3. The van der Waals surface area contributed by atoms with Crippen molar-refractivity contribution in [1.82, 2.24) is 4.90 Å². The van der Waals surface area contributed by atoms with Crippen LogP contribution in [0.2, 0.25) is 0 Å². The minimum atomic E-state index is -1.12. The summed E-state index contributed by atoms with van der Waals surface area (Å²) in [6.45, 7) is 6.51. The number of benzene rings is 2. The van der Waals surface area contributed by atoms with Gasteiger partial charge in [-0.2, -0.15) is 0 Å². The standard InChI is InChI=1S/C21H23N3O3S/c1-13-6-5-7-14(10-13)22-19(26)24-12-20(2,3)28-21(24)16-11-15(27-4)8-9-17(16)23-18(21)25/h5-11H,12H2,1-4H3,(H,22,26)(H,23,25). The molecule has 146 valence electrons. The van der Waals surface area contributed by atoms with Crippen LogP contribution in [0.5, 0.6) is 5.75 Å². The molecular weight excluding hydrogens is 374 g/mol. The van der Waals surface area contributed by atoms with E-state index in [1.807, 2.05) is 57.2 Å². The minimum Gasteiger partial charge on any atom is -0.497 e. The number of nitrogens with zero attached hydrogens (tertiary/aromatic N) is 1. The molecule has 28 heavy (non-hydrogen) atoms. The number of hydrogen-bond acceptors (Lipinski definition) is 4. The number of anilines is 2. The molecule has 4 rings (SSSR count). The number of carbonyl (C=O) groups is 2. The lowest BCUT2D eigenvalue weighted by molar-refractivity contribution is -0.121. The van der Waals surface area contributed by atoms with Crippen molar-refractivity contribution in [2.75, 3.05) is 24.3 Å². The first-order chi connectivity index (χ1) is 13.2. The fourth-order valence-corrected chi connectivity index (χ4v) is 5.52. The molecular formula is C21H23N3O3S. The van der Waals surface area contributed by atoms with Crippen molar-refractivity contribution >= 4 is 35.1 Å². The first-order valence-corrected chi connectivity index (χ1v) is 9.92. The third-order valence-corrected chi connectivity index (χ3v) is 6.61. The number of aryl methyl sites for hydroxylation is 1. The molecule has 0 saturated carbocycles. The minimum absolute atomic E-state index is 0.203. The molecule has 2 aromatic carbocycles. The Morgan fingerprint density at radius 2 is 2.04 bits per heavy atom. The second-order valence-corrected chi connectivity index (χ2v) is 9.66. The van der Waals surface area contributed by atoms with Gasteiger partial charge in [0.2, 0.25) is 0 Å². The fraction of sp³-hybridized carbons (Fsp3) is 0.333. The van der Waals surface area contributed by atoms with Gasteiger partial charge in [-0.3, -0.25) is 9.69 Å². The Hall–Kier alpha value is -2.67. The summed E-state index contributed by atoms with van der Waals surface area (Å²) in [6.07, 6.45) is 0. The van der Waals surface area contributed by atoms with Crippen LogP contribution in [0.3, 0.4) is 0 Å². The largest absolute Gasteiger partial charge is 0.497 e. The molecule has 0 aromatic heterocycles. The molecule has 6 nitrogen and oxygen atoms in total. The Morgan fingerprint density at radius 1 is 1.25 bits per heavy atom. The van der Waals surface area contributed by atoms with Gasteiger partial charge in [0.15, 0.2) is 4.87 Å². The van der Waals surface area contributed by atoms with E-state index in [0.717, 1.165) is 11.1 Å². The highest BCUT2D eigenvalue weighted by Crippen LogP contribution is 2.58. The maximum Gasteiger partial charge on any atom is 0.323 e. The molecule has 1 spiro atoms. The zero-order valence-corrected chi connectivity index (χ0v) is 17.1. The highest BCUT2D eigenvalue weighted by Gasteiger charge is 2.61. The van der Waals surface area contributed by atoms with Crippen molar-refractivity contribution in [2.45, 2.75) is 30.4 Å². The SMILES string of the molecule is COc1ccc2c(c1)C1(SC(C)(C)CN1C(=O)Nc1cccc(C)c1)C(=O)N2. The molecule has 3 amide bonds. The number of ether oxygens (including phenoxy) is 1. The van der Waals surface area contributed by atoms with Crippen LogP contribution >= 0.6 is 11.8 Å². The van der Waals surface area contributed by atoms with Crippen molar-refractivity contribution in [2.24, 2.45) is 0 Å². The molecule has 0 radical (unpaired) electrons. The molecule has 1 atom stereocenters. The second-order valence-electron chi connectivity index (χ2n) is 7.76. The van der Waals surface area contributed by atoms with Gasteiger partial charge in [-0.1, -0.05) is 12.1 Å². The van der Waals surface area contributed by atoms with Crippen LogP contribution in [0.4, 0.5) is 16.2 Å². The summed E-state index contributed by atoms with van der Waals surface area (Å²) in [5.74, 6) is 0.449. The van der Waals surface area contributed by atoms with E-state index in [2.05, 4.69) is 10.6 Å². The van der Waals surface area contributed by atoms with Gasteiger partial charge in [-0.15, -0.1) is 11.8 Å². The lowest BCUT2D eigenvalue weighted by Gasteiger charge is -2.32. The van der Waals surface area contributed by atoms with Crippen LogP contribution in [-0.2, 0) is 9.67 Å². The van der Waals surface area contributed by atoms with E-state index in [0.29, 0.717) is 23.7 Å². The van der Waals surface area contributed by atoms with Crippen molar-refractivity contribution in [3.05, 3.63) is 53.6 Å². The van der Waals surface area contributed by atoms with E-state index in [1.165, 1.54) is 11.8 Å². The number of urea groups is 1. The van der Waals surface area contributed by atoms with Gasteiger partial charge in [-0.05, 0) is 56.7 Å². The van der Waals surface area contributed by atoms with Gasteiger partial charge >= 0.3 is 6.03 Å². The van der Waals surface area contributed by atoms with Gasteiger partial charge in [-0.25, -0.2) is 4.79 Å². The average Bonchev–Trinajstić information content (AvgIpc) is 3.08. The Kier molecular flexibility index (Phi) is 4.30. The summed E-state index contributed by atoms with van der Waals surface area (Å²) in [5.41, 5.74) is 3.23. The molecule has 0 aliphatic carbocycles. The summed E-state index contributed by atoms with van der Waals surface area (Å²) in [4.78, 5) is 27.0. The number of hydrogen-bond donors (Lipinski definition) is 2. The molecule has 2 N–H and O–H groups in total. The molecule has 1 fully saturated rings. The zero-order chi connectivity index (χ0) is 20.1. The van der Waals surface area contributed by atoms with E-state index in [1.54, 1.807) is 18.1 Å². The Balaban J connectivity index is 1.77. The van der Waals surface area contributed by atoms with E-state index >= 15 is 0 Å². The second kappa shape index (κ2) is 6.44. The van der Waals surface area contributed by atoms with E-state index in [9.17, 15) is 9.59 Å². The van der Waals surface area contributed by atoms with Crippen molar-refractivity contribution in [1.29, 1.82) is 0 Å². The van der Waals surface area contributed by atoms with Gasteiger partial charge in [0.05, 0.1) is 7.11 Å². The van der Waals surface area contributed by atoms with Gasteiger partial charge in [0, 0.05) is 28.2 Å². The first kappa shape index (κ1) is 18.7. The Bertz CT molecular complexity index is 975. The van der Waals surface area contributed by atoms with Crippen LogP contribution in [0.25, 0.3) is 0 Å². The monoisotopic (exact) mass is 397 g/mol. The highest BCUT2D eigenvalue weighted by molar-refractivity contribution is 8.02. The van der Waals surface area contributed by atoms with Crippen molar-refractivity contribution in [3.63, 3.8) is 0 Å². The van der Waals surface area contributed by atoms with Crippen LogP contribution in [-0.4, -0.2) is 35.2 Å². The molecule has 2 heterocycles. The normalized spacial score (nSPS) is 22.1. The van der Waals surface area contributed by atoms with E-state index in [-0.39, 0.29) is 16.7 Å². The van der Waals surface area contributed by atoms with Gasteiger partial charge < -0.3 is 15.4 Å². The Labute approximate surface area is 168 Å². The molecule has 1 unspecified atom stereocenters. The molecule has 2 aromatic rings. The third kappa shape index (κ3) is 2.90. The maximum atomic E-state index is 13.3. The summed E-state index contributed by atoms with van der Waals surface area (Å²) in [7, 11) is 1.59. The van der Waals surface area contributed by atoms with Crippen molar-refractivity contribution in [3.8, 4) is 5.75 Å². The van der Waals surface area contributed by atoms with E-state index in [4.69, 9.17) is 4.74 Å². The summed E-state index contributed by atoms with van der Waals surface area (Å²) in [5, 5.41) is 5.90. The summed E-state index contributed by atoms with van der Waals surface area (Å²) >= 11 is 1.50. The van der Waals surface area contributed by atoms with Crippen LogP contribution in [0, 0.1) is 6.92 Å².